The third kappa shape index (κ3) is 4.62. The molecule has 1 rings (SSSR count). The molecule has 116 valence electrons. The van der Waals surface area contributed by atoms with Gasteiger partial charge in [0.25, 0.3) is 0 Å². The number of nitro groups is 1. The first-order chi connectivity index (χ1) is 9.77. The smallest absolute Gasteiger partial charge is 0.314 e. The number of hydrogen-bond acceptors (Lipinski definition) is 5. The van der Waals surface area contributed by atoms with Crippen molar-refractivity contribution in [3.63, 3.8) is 0 Å². The van der Waals surface area contributed by atoms with Crippen molar-refractivity contribution in [1.82, 2.24) is 0 Å². The van der Waals surface area contributed by atoms with E-state index in [2.05, 4.69) is 0 Å². The quantitative estimate of drug-likeness (QED) is 0.450. The Balaban J connectivity index is 2.59. The molecule has 0 atom stereocenters. The van der Waals surface area contributed by atoms with Gasteiger partial charge in [-0.1, -0.05) is 0 Å². The lowest BCUT2D eigenvalue weighted by atomic mass is 9.88. The van der Waals surface area contributed by atoms with Crippen LogP contribution in [-0.2, 0) is 4.79 Å². The number of hydrogen-bond donors (Lipinski definition) is 1. The monoisotopic (exact) mass is 297 g/mol. The van der Waals surface area contributed by atoms with E-state index >= 15 is 0 Å². The van der Waals surface area contributed by atoms with E-state index in [0.717, 1.165) is 0 Å². The van der Waals surface area contributed by atoms with Gasteiger partial charge in [-0.15, -0.1) is 0 Å². The highest BCUT2D eigenvalue weighted by Crippen LogP contribution is 2.31. The summed E-state index contributed by atoms with van der Waals surface area (Å²) in [5, 5.41) is 19.9. The molecular weight excluding hydrogens is 278 g/mol. The summed E-state index contributed by atoms with van der Waals surface area (Å²) in [6.07, 6.45) is 1.000. The van der Waals surface area contributed by atoms with Crippen LogP contribution in [0.25, 0.3) is 0 Å². The van der Waals surface area contributed by atoms with E-state index < -0.39 is 16.3 Å². The summed E-state index contributed by atoms with van der Waals surface area (Å²) < 4.78 is 10.3. The molecule has 0 saturated carbocycles. The fourth-order valence-corrected chi connectivity index (χ4v) is 1.71. The lowest BCUT2D eigenvalue weighted by molar-refractivity contribution is -0.385. The van der Waals surface area contributed by atoms with E-state index in [1.807, 2.05) is 0 Å². The largest absolute Gasteiger partial charge is 0.493 e. The molecule has 0 bridgehead atoms. The SMILES string of the molecule is COc1ccc(OCCCC(C)(C)C(=O)O)cc1[N+](=O)[O-]. The number of carboxylic acid groups (broad SMARTS) is 1. The number of nitro benzene ring substituents is 1. The maximum atomic E-state index is 10.9. The van der Waals surface area contributed by atoms with E-state index in [0.29, 0.717) is 25.2 Å². The second-order valence-corrected chi connectivity index (χ2v) is 5.23. The van der Waals surface area contributed by atoms with Gasteiger partial charge >= 0.3 is 11.7 Å². The Bertz CT molecular complexity index is 526. The van der Waals surface area contributed by atoms with E-state index in [1.165, 1.54) is 19.2 Å². The van der Waals surface area contributed by atoms with Crippen molar-refractivity contribution in [2.24, 2.45) is 5.41 Å². The number of carbonyl (C=O) groups is 1. The molecule has 0 saturated heterocycles. The third-order valence-corrected chi connectivity index (χ3v) is 3.14. The minimum Gasteiger partial charge on any atom is -0.493 e. The predicted octanol–water partition coefficient (Wildman–Crippen LogP) is 2.87. The zero-order valence-corrected chi connectivity index (χ0v) is 12.3. The minimum absolute atomic E-state index is 0.166. The number of carboxylic acids is 1. The van der Waals surface area contributed by atoms with Gasteiger partial charge in [0.1, 0.15) is 5.75 Å². The number of methoxy groups -OCH3 is 1. The third-order valence-electron chi connectivity index (χ3n) is 3.14. The van der Waals surface area contributed by atoms with E-state index in [1.54, 1.807) is 19.9 Å². The van der Waals surface area contributed by atoms with Crippen molar-refractivity contribution in [1.29, 1.82) is 0 Å². The second kappa shape index (κ2) is 6.92. The van der Waals surface area contributed by atoms with Gasteiger partial charge in [0.05, 0.1) is 30.1 Å². The Morgan fingerprint density at radius 3 is 2.62 bits per heavy atom. The van der Waals surface area contributed by atoms with Crippen molar-refractivity contribution in [2.45, 2.75) is 26.7 Å². The molecular formula is C14H19NO6. The summed E-state index contributed by atoms with van der Waals surface area (Å²) in [4.78, 5) is 21.3. The van der Waals surface area contributed by atoms with Gasteiger partial charge in [0.15, 0.2) is 5.75 Å². The standard InChI is InChI=1S/C14H19NO6/c1-14(2,13(16)17)7-4-8-21-10-5-6-12(20-3)11(9-10)15(18)19/h5-6,9H,4,7-8H2,1-3H3,(H,16,17). The zero-order chi connectivity index (χ0) is 16.0. The molecule has 7 nitrogen and oxygen atoms in total. The maximum absolute atomic E-state index is 10.9. The normalized spacial score (nSPS) is 11.0. The van der Waals surface area contributed by atoms with Gasteiger partial charge in [-0.3, -0.25) is 14.9 Å². The lowest BCUT2D eigenvalue weighted by Crippen LogP contribution is -2.24. The van der Waals surface area contributed by atoms with Crippen molar-refractivity contribution >= 4 is 11.7 Å². The molecule has 21 heavy (non-hydrogen) atoms. The summed E-state index contributed by atoms with van der Waals surface area (Å²) in [7, 11) is 1.36. The summed E-state index contributed by atoms with van der Waals surface area (Å²) in [5.41, 5.74) is -0.976. The first-order valence-corrected chi connectivity index (χ1v) is 6.46. The number of rotatable bonds is 8. The molecule has 0 amide bonds. The van der Waals surface area contributed by atoms with Gasteiger partial charge in [-0.05, 0) is 38.8 Å². The topological polar surface area (TPSA) is 98.9 Å². The van der Waals surface area contributed by atoms with Crippen LogP contribution in [0.3, 0.4) is 0 Å². The Morgan fingerprint density at radius 2 is 2.10 bits per heavy atom. The molecule has 0 aromatic heterocycles. The Kier molecular flexibility index (Phi) is 5.52. The summed E-state index contributed by atoms with van der Waals surface area (Å²) >= 11 is 0. The molecule has 1 N–H and O–H groups in total. The van der Waals surface area contributed by atoms with Crippen LogP contribution in [0.1, 0.15) is 26.7 Å². The molecule has 0 aliphatic rings. The summed E-state index contributed by atoms with van der Waals surface area (Å²) in [6.45, 7) is 3.58. The Labute approximate surface area is 122 Å². The summed E-state index contributed by atoms with van der Waals surface area (Å²) in [6, 6.07) is 4.34. The van der Waals surface area contributed by atoms with Crippen LogP contribution >= 0.6 is 0 Å². The molecule has 1 aromatic rings. The molecule has 1 aromatic carbocycles. The van der Waals surface area contributed by atoms with Crippen molar-refractivity contribution in [3.05, 3.63) is 28.3 Å². The predicted molar refractivity (Wildman–Crippen MR) is 75.8 cm³/mol. The van der Waals surface area contributed by atoms with Crippen molar-refractivity contribution in [3.8, 4) is 11.5 Å². The van der Waals surface area contributed by atoms with Crippen LogP contribution in [0.4, 0.5) is 5.69 Å². The number of aliphatic carboxylic acids is 1. The molecule has 0 aliphatic heterocycles. The van der Waals surface area contributed by atoms with Gasteiger partial charge in [0, 0.05) is 0 Å². The Hall–Kier alpha value is -2.31. The van der Waals surface area contributed by atoms with Gasteiger partial charge in [-0.2, -0.15) is 0 Å². The van der Waals surface area contributed by atoms with Gasteiger partial charge in [-0.25, -0.2) is 0 Å². The average Bonchev–Trinajstić information content (AvgIpc) is 2.43. The minimum atomic E-state index is -0.859. The fourth-order valence-electron chi connectivity index (χ4n) is 1.71. The summed E-state index contributed by atoms with van der Waals surface area (Å²) in [5.74, 6) is -0.336. The van der Waals surface area contributed by atoms with Crippen LogP contribution in [0, 0.1) is 15.5 Å². The molecule has 0 radical (unpaired) electrons. The lowest BCUT2D eigenvalue weighted by Gasteiger charge is -2.18. The van der Waals surface area contributed by atoms with E-state index in [4.69, 9.17) is 14.6 Å². The average molecular weight is 297 g/mol. The molecule has 0 unspecified atom stereocenters. The van der Waals surface area contributed by atoms with Crippen LogP contribution in [0.5, 0.6) is 11.5 Å². The highest BCUT2D eigenvalue weighted by Gasteiger charge is 2.26. The first-order valence-electron chi connectivity index (χ1n) is 6.46. The Morgan fingerprint density at radius 1 is 1.43 bits per heavy atom. The molecule has 0 spiro atoms. The molecule has 0 aliphatic carbocycles. The van der Waals surface area contributed by atoms with Crippen LogP contribution < -0.4 is 9.47 Å². The van der Waals surface area contributed by atoms with E-state index in [-0.39, 0.29) is 11.4 Å². The first kappa shape index (κ1) is 16.7. The molecule has 7 heteroatoms. The number of ether oxygens (including phenoxy) is 2. The highest BCUT2D eigenvalue weighted by atomic mass is 16.6. The van der Waals surface area contributed by atoms with Crippen LogP contribution in [0.15, 0.2) is 18.2 Å². The van der Waals surface area contributed by atoms with E-state index in [9.17, 15) is 14.9 Å². The number of benzene rings is 1. The van der Waals surface area contributed by atoms with Crippen LogP contribution in [-0.4, -0.2) is 29.7 Å². The van der Waals surface area contributed by atoms with Crippen molar-refractivity contribution in [2.75, 3.05) is 13.7 Å². The van der Waals surface area contributed by atoms with Gasteiger partial charge < -0.3 is 14.6 Å². The zero-order valence-electron chi connectivity index (χ0n) is 12.3. The second-order valence-electron chi connectivity index (χ2n) is 5.23. The fraction of sp³-hybridized carbons (Fsp3) is 0.500. The van der Waals surface area contributed by atoms with Gasteiger partial charge in [0.2, 0.25) is 0 Å². The molecule has 0 heterocycles. The maximum Gasteiger partial charge on any atom is 0.314 e. The number of nitrogens with zero attached hydrogens (tertiary/aromatic N) is 1. The van der Waals surface area contributed by atoms with Crippen molar-refractivity contribution < 1.29 is 24.3 Å². The van der Waals surface area contributed by atoms with Crippen LogP contribution in [0.2, 0.25) is 0 Å². The highest BCUT2D eigenvalue weighted by molar-refractivity contribution is 5.73. The molecule has 0 fully saturated rings.